The molecule has 2 amide bonds. The van der Waals surface area contributed by atoms with Crippen molar-refractivity contribution in [1.29, 1.82) is 0 Å². The number of likely N-dealkylation sites (tertiary alicyclic amines) is 2. The zero-order valence-corrected chi connectivity index (χ0v) is 9.90. The standard InChI is InChI=1S/C11H19N3O2/c1-12-7-8-4-3-5-14(8)9-6-10(15)13(2)11(9)16/h8-9,12H,3-7H2,1-2H3. The summed E-state index contributed by atoms with van der Waals surface area (Å²) < 4.78 is 0. The first-order valence-electron chi connectivity index (χ1n) is 5.86. The molecule has 5 heteroatoms. The highest BCUT2D eigenvalue weighted by Gasteiger charge is 2.43. The lowest BCUT2D eigenvalue weighted by atomic mass is 10.1. The van der Waals surface area contributed by atoms with E-state index in [1.165, 1.54) is 4.90 Å². The normalized spacial score (nSPS) is 31.8. The van der Waals surface area contributed by atoms with Gasteiger partial charge in [-0.25, -0.2) is 0 Å². The number of hydrogen-bond acceptors (Lipinski definition) is 4. The second-order valence-electron chi connectivity index (χ2n) is 4.60. The van der Waals surface area contributed by atoms with E-state index in [2.05, 4.69) is 10.2 Å². The molecule has 2 heterocycles. The van der Waals surface area contributed by atoms with Crippen LogP contribution in [0, 0.1) is 0 Å². The van der Waals surface area contributed by atoms with Gasteiger partial charge in [-0.05, 0) is 26.4 Å². The summed E-state index contributed by atoms with van der Waals surface area (Å²) in [6.07, 6.45) is 2.59. The van der Waals surface area contributed by atoms with Crippen molar-refractivity contribution in [1.82, 2.24) is 15.1 Å². The average molecular weight is 225 g/mol. The smallest absolute Gasteiger partial charge is 0.246 e. The van der Waals surface area contributed by atoms with E-state index in [1.807, 2.05) is 7.05 Å². The van der Waals surface area contributed by atoms with Crippen LogP contribution in [-0.4, -0.2) is 60.9 Å². The molecule has 0 aliphatic carbocycles. The predicted molar refractivity (Wildman–Crippen MR) is 59.8 cm³/mol. The van der Waals surface area contributed by atoms with E-state index in [1.54, 1.807) is 7.05 Å². The molecule has 2 saturated heterocycles. The lowest BCUT2D eigenvalue weighted by Gasteiger charge is -2.28. The second kappa shape index (κ2) is 4.51. The Morgan fingerprint density at radius 3 is 2.75 bits per heavy atom. The highest BCUT2D eigenvalue weighted by molar-refractivity contribution is 6.05. The second-order valence-corrected chi connectivity index (χ2v) is 4.60. The number of hydrogen-bond donors (Lipinski definition) is 1. The molecule has 2 aliphatic heterocycles. The van der Waals surface area contributed by atoms with Crippen LogP contribution in [0.5, 0.6) is 0 Å². The summed E-state index contributed by atoms with van der Waals surface area (Å²) >= 11 is 0. The van der Waals surface area contributed by atoms with Gasteiger partial charge in [-0.2, -0.15) is 0 Å². The lowest BCUT2D eigenvalue weighted by molar-refractivity contribution is -0.138. The molecule has 2 fully saturated rings. The Bertz CT molecular complexity index is 306. The van der Waals surface area contributed by atoms with Gasteiger partial charge < -0.3 is 5.32 Å². The largest absolute Gasteiger partial charge is 0.318 e. The first-order valence-corrected chi connectivity index (χ1v) is 5.86. The van der Waals surface area contributed by atoms with Crippen molar-refractivity contribution in [3.63, 3.8) is 0 Å². The molecule has 5 nitrogen and oxygen atoms in total. The number of imide groups is 1. The topological polar surface area (TPSA) is 52.7 Å². The van der Waals surface area contributed by atoms with E-state index in [4.69, 9.17) is 0 Å². The van der Waals surface area contributed by atoms with Gasteiger partial charge in [0.2, 0.25) is 11.8 Å². The molecule has 90 valence electrons. The van der Waals surface area contributed by atoms with Crippen LogP contribution in [0.1, 0.15) is 19.3 Å². The SMILES string of the molecule is CNCC1CCCN1C1CC(=O)N(C)C1=O. The fourth-order valence-corrected chi connectivity index (χ4v) is 2.72. The van der Waals surface area contributed by atoms with E-state index >= 15 is 0 Å². The van der Waals surface area contributed by atoms with Gasteiger partial charge in [-0.1, -0.05) is 0 Å². The van der Waals surface area contributed by atoms with Gasteiger partial charge in [0.15, 0.2) is 0 Å². The Morgan fingerprint density at radius 2 is 2.19 bits per heavy atom. The van der Waals surface area contributed by atoms with Gasteiger partial charge in [0.05, 0.1) is 12.5 Å². The van der Waals surface area contributed by atoms with Crippen molar-refractivity contribution in [2.24, 2.45) is 0 Å². The highest BCUT2D eigenvalue weighted by Crippen LogP contribution is 2.25. The van der Waals surface area contributed by atoms with Crippen LogP contribution in [0.3, 0.4) is 0 Å². The molecule has 16 heavy (non-hydrogen) atoms. The first kappa shape index (κ1) is 11.5. The van der Waals surface area contributed by atoms with Crippen molar-refractivity contribution in [3.8, 4) is 0 Å². The van der Waals surface area contributed by atoms with E-state index in [0.29, 0.717) is 12.5 Å². The molecule has 0 radical (unpaired) electrons. The highest BCUT2D eigenvalue weighted by atomic mass is 16.2. The molecule has 2 unspecified atom stereocenters. The Labute approximate surface area is 95.8 Å². The summed E-state index contributed by atoms with van der Waals surface area (Å²) in [6, 6.07) is 0.191. The zero-order valence-electron chi connectivity index (χ0n) is 9.90. The van der Waals surface area contributed by atoms with E-state index < -0.39 is 0 Å². The molecule has 0 spiro atoms. The molecular formula is C11H19N3O2. The number of amides is 2. The van der Waals surface area contributed by atoms with Gasteiger partial charge in [0.1, 0.15) is 0 Å². The zero-order chi connectivity index (χ0) is 11.7. The van der Waals surface area contributed by atoms with Gasteiger partial charge in [0.25, 0.3) is 0 Å². The van der Waals surface area contributed by atoms with Crippen molar-refractivity contribution < 1.29 is 9.59 Å². The van der Waals surface area contributed by atoms with Crippen molar-refractivity contribution in [3.05, 3.63) is 0 Å². The van der Waals surface area contributed by atoms with Crippen LogP contribution in [0.15, 0.2) is 0 Å². The summed E-state index contributed by atoms with van der Waals surface area (Å²) in [7, 11) is 3.50. The molecule has 2 atom stereocenters. The summed E-state index contributed by atoms with van der Waals surface area (Å²) in [4.78, 5) is 26.8. The number of nitrogens with one attached hydrogen (secondary N) is 1. The molecule has 2 aliphatic rings. The summed E-state index contributed by atoms with van der Waals surface area (Å²) in [5.74, 6) is -0.0851. The van der Waals surface area contributed by atoms with Gasteiger partial charge in [-0.3, -0.25) is 19.4 Å². The minimum atomic E-state index is -0.210. The van der Waals surface area contributed by atoms with Crippen LogP contribution in [-0.2, 0) is 9.59 Å². The first-order chi connectivity index (χ1) is 7.65. The number of rotatable bonds is 3. The molecule has 0 aromatic heterocycles. The maximum atomic E-state index is 11.9. The Balaban J connectivity index is 2.07. The molecule has 2 rings (SSSR count). The van der Waals surface area contributed by atoms with Crippen LogP contribution >= 0.6 is 0 Å². The van der Waals surface area contributed by atoms with E-state index in [0.717, 1.165) is 25.9 Å². The molecule has 1 N–H and O–H groups in total. The third-order valence-electron chi connectivity index (χ3n) is 3.62. The minimum Gasteiger partial charge on any atom is -0.318 e. The van der Waals surface area contributed by atoms with Gasteiger partial charge >= 0.3 is 0 Å². The van der Waals surface area contributed by atoms with Gasteiger partial charge in [0, 0.05) is 19.6 Å². The molecule has 0 saturated carbocycles. The Morgan fingerprint density at radius 1 is 1.44 bits per heavy atom. The van der Waals surface area contributed by atoms with Crippen LogP contribution in [0.4, 0.5) is 0 Å². The maximum Gasteiger partial charge on any atom is 0.246 e. The van der Waals surface area contributed by atoms with Crippen molar-refractivity contribution in [2.45, 2.75) is 31.3 Å². The number of carbonyl (C=O) groups excluding carboxylic acids is 2. The molecular weight excluding hydrogens is 206 g/mol. The molecule has 0 bridgehead atoms. The minimum absolute atomic E-state index is 0.0343. The lowest BCUT2D eigenvalue weighted by Crippen LogP contribution is -2.46. The average Bonchev–Trinajstić information content (AvgIpc) is 2.80. The summed E-state index contributed by atoms with van der Waals surface area (Å²) in [5, 5.41) is 3.15. The van der Waals surface area contributed by atoms with Gasteiger partial charge in [-0.15, -0.1) is 0 Å². The summed E-state index contributed by atoms with van der Waals surface area (Å²) in [5.41, 5.74) is 0. The quantitative estimate of drug-likeness (QED) is 0.653. The number of nitrogens with zero attached hydrogens (tertiary/aromatic N) is 2. The molecule has 0 aromatic carbocycles. The monoisotopic (exact) mass is 225 g/mol. The van der Waals surface area contributed by atoms with Crippen LogP contribution in [0.2, 0.25) is 0 Å². The third-order valence-corrected chi connectivity index (χ3v) is 3.62. The summed E-state index contributed by atoms with van der Waals surface area (Å²) in [6.45, 7) is 1.82. The van der Waals surface area contributed by atoms with E-state index in [9.17, 15) is 9.59 Å². The maximum absolute atomic E-state index is 11.9. The van der Waals surface area contributed by atoms with Crippen molar-refractivity contribution >= 4 is 11.8 Å². The number of likely N-dealkylation sites (N-methyl/N-ethyl adjacent to an activating group) is 2. The fraction of sp³-hybridized carbons (Fsp3) is 0.818. The Kier molecular flexibility index (Phi) is 3.25. The fourth-order valence-electron chi connectivity index (χ4n) is 2.72. The van der Waals surface area contributed by atoms with Crippen molar-refractivity contribution in [2.75, 3.05) is 27.2 Å². The molecule has 0 aromatic rings. The Hall–Kier alpha value is -0.940. The third kappa shape index (κ3) is 1.85. The van der Waals surface area contributed by atoms with Crippen LogP contribution < -0.4 is 5.32 Å². The predicted octanol–water partition coefficient (Wildman–Crippen LogP) is -0.572. The van der Waals surface area contributed by atoms with Crippen LogP contribution in [0.25, 0.3) is 0 Å². The van der Waals surface area contributed by atoms with E-state index in [-0.39, 0.29) is 17.9 Å². The number of carbonyl (C=O) groups is 2.